The summed E-state index contributed by atoms with van der Waals surface area (Å²) >= 11 is 0. The number of rotatable bonds is 3. The van der Waals surface area contributed by atoms with Crippen LogP contribution in [0.4, 0.5) is 0 Å². The molecular formula is C6H16KN2. The summed E-state index contributed by atoms with van der Waals surface area (Å²) in [7, 11) is 8.35. The first kappa shape index (κ1) is 13.2. The molecule has 0 atom stereocenters. The molecule has 0 heterocycles. The third-order valence-corrected chi connectivity index (χ3v) is 0.994. The largest absolute Gasteiger partial charge is 0.308 e. The summed E-state index contributed by atoms with van der Waals surface area (Å²) in [6.07, 6.45) is 0. The van der Waals surface area contributed by atoms with Gasteiger partial charge in [-0.05, 0) is 28.2 Å². The minimum atomic E-state index is 0. The zero-order chi connectivity index (χ0) is 6.57. The molecule has 0 N–H and O–H groups in total. The monoisotopic (exact) mass is 155 g/mol. The molecule has 51 valence electrons. The molecule has 0 aromatic rings. The summed E-state index contributed by atoms with van der Waals surface area (Å²) in [5.41, 5.74) is 0. The van der Waals surface area contributed by atoms with Crippen molar-refractivity contribution in [2.24, 2.45) is 0 Å². The Balaban J connectivity index is 0. The van der Waals surface area contributed by atoms with E-state index in [9.17, 15) is 0 Å². The zero-order valence-electron chi connectivity index (χ0n) is 7.31. The van der Waals surface area contributed by atoms with Crippen molar-refractivity contribution < 1.29 is 0 Å². The van der Waals surface area contributed by atoms with Crippen molar-refractivity contribution in [3.8, 4) is 0 Å². The smallest absolute Gasteiger partial charge is 0.0103 e. The maximum Gasteiger partial charge on any atom is 0.0103 e. The average Bonchev–Trinajstić information content (AvgIpc) is 1.61. The molecule has 0 aromatic heterocycles. The van der Waals surface area contributed by atoms with Gasteiger partial charge in [0.1, 0.15) is 0 Å². The summed E-state index contributed by atoms with van der Waals surface area (Å²) in [5, 5.41) is 0. The van der Waals surface area contributed by atoms with Gasteiger partial charge in [-0.1, -0.05) is 0 Å². The Morgan fingerprint density at radius 1 is 0.778 bits per heavy atom. The van der Waals surface area contributed by atoms with Gasteiger partial charge in [0, 0.05) is 64.5 Å². The predicted octanol–water partition coefficient (Wildman–Crippen LogP) is -0.271. The Bertz CT molecular complexity index is 47.0. The van der Waals surface area contributed by atoms with Crippen LogP contribution in [0.1, 0.15) is 0 Å². The van der Waals surface area contributed by atoms with E-state index in [2.05, 4.69) is 38.0 Å². The Hall–Kier alpha value is 1.56. The van der Waals surface area contributed by atoms with Crippen molar-refractivity contribution in [1.29, 1.82) is 0 Å². The predicted molar refractivity (Wildman–Crippen MR) is 42.9 cm³/mol. The van der Waals surface area contributed by atoms with E-state index in [1.54, 1.807) is 0 Å². The molecule has 0 bridgehead atoms. The first-order valence-electron chi connectivity index (χ1n) is 2.92. The third kappa shape index (κ3) is 12.7. The molecule has 0 unspecified atom stereocenters. The van der Waals surface area contributed by atoms with Crippen LogP contribution >= 0.6 is 0 Å². The molecule has 9 heavy (non-hydrogen) atoms. The second-order valence-electron chi connectivity index (χ2n) is 2.61. The molecule has 1 radical (unpaired) electrons. The second kappa shape index (κ2) is 7.66. The van der Waals surface area contributed by atoms with Gasteiger partial charge in [0.05, 0.1) is 0 Å². The fraction of sp³-hybridized carbons (Fsp3) is 1.00. The van der Waals surface area contributed by atoms with Crippen LogP contribution in [-0.4, -0.2) is 102 Å². The van der Waals surface area contributed by atoms with Gasteiger partial charge in [-0.2, -0.15) is 0 Å². The molecule has 0 saturated carbocycles. The minimum Gasteiger partial charge on any atom is -0.308 e. The molecule has 0 aliphatic carbocycles. The van der Waals surface area contributed by atoms with Crippen molar-refractivity contribution in [1.82, 2.24) is 9.80 Å². The molecule has 0 fully saturated rings. The van der Waals surface area contributed by atoms with Crippen molar-refractivity contribution in [3.05, 3.63) is 0 Å². The van der Waals surface area contributed by atoms with E-state index in [1.807, 2.05) is 0 Å². The SMILES string of the molecule is CN(C)CCN(C)C.[K]. The molecule has 0 spiro atoms. The van der Waals surface area contributed by atoms with E-state index < -0.39 is 0 Å². The average molecular weight is 155 g/mol. The Morgan fingerprint density at radius 2 is 1.00 bits per heavy atom. The molecule has 2 nitrogen and oxygen atoms in total. The maximum atomic E-state index is 2.18. The van der Waals surface area contributed by atoms with Crippen LogP contribution in [-0.2, 0) is 0 Å². The fourth-order valence-electron chi connectivity index (χ4n) is 0.400. The van der Waals surface area contributed by atoms with Gasteiger partial charge in [-0.15, -0.1) is 0 Å². The van der Waals surface area contributed by atoms with Gasteiger partial charge in [0.15, 0.2) is 0 Å². The van der Waals surface area contributed by atoms with Gasteiger partial charge < -0.3 is 9.80 Å². The summed E-state index contributed by atoms with van der Waals surface area (Å²) in [6.45, 7) is 2.29. The topological polar surface area (TPSA) is 6.48 Å². The maximum absolute atomic E-state index is 2.18. The number of nitrogens with zero attached hydrogens (tertiary/aromatic N) is 2. The Labute approximate surface area is 101 Å². The van der Waals surface area contributed by atoms with E-state index in [0.717, 1.165) is 13.1 Å². The van der Waals surface area contributed by atoms with Gasteiger partial charge >= 0.3 is 0 Å². The summed E-state index contributed by atoms with van der Waals surface area (Å²) in [4.78, 5) is 4.36. The fourth-order valence-corrected chi connectivity index (χ4v) is 0.400. The van der Waals surface area contributed by atoms with Gasteiger partial charge in [0.25, 0.3) is 0 Å². The first-order chi connectivity index (χ1) is 3.63. The van der Waals surface area contributed by atoms with Gasteiger partial charge in [-0.3, -0.25) is 0 Å². The molecule has 0 aromatic carbocycles. The molecule has 0 saturated heterocycles. The van der Waals surface area contributed by atoms with Crippen LogP contribution in [0.25, 0.3) is 0 Å². The second-order valence-corrected chi connectivity index (χ2v) is 2.61. The van der Waals surface area contributed by atoms with Crippen molar-refractivity contribution in [2.45, 2.75) is 0 Å². The molecule has 0 rings (SSSR count). The quantitative estimate of drug-likeness (QED) is 0.518. The van der Waals surface area contributed by atoms with Crippen LogP contribution in [0.5, 0.6) is 0 Å². The van der Waals surface area contributed by atoms with Crippen LogP contribution in [0, 0.1) is 0 Å². The van der Waals surface area contributed by atoms with Crippen molar-refractivity contribution >= 4 is 51.4 Å². The van der Waals surface area contributed by atoms with Crippen molar-refractivity contribution in [2.75, 3.05) is 41.3 Å². The Morgan fingerprint density at radius 3 is 1.11 bits per heavy atom. The molecule has 3 heteroatoms. The van der Waals surface area contributed by atoms with E-state index in [4.69, 9.17) is 0 Å². The molecule has 0 amide bonds. The third-order valence-electron chi connectivity index (χ3n) is 0.994. The molecular weight excluding hydrogens is 139 g/mol. The van der Waals surface area contributed by atoms with Gasteiger partial charge in [-0.25, -0.2) is 0 Å². The summed E-state index contributed by atoms with van der Waals surface area (Å²) in [5.74, 6) is 0. The summed E-state index contributed by atoms with van der Waals surface area (Å²) in [6, 6.07) is 0. The van der Waals surface area contributed by atoms with E-state index in [0.29, 0.717) is 0 Å². The number of hydrogen-bond acceptors (Lipinski definition) is 2. The van der Waals surface area contributed by atoms with Crippen LogP contribution in [0.2, 0.25) is 0 Å². The van der Waals surface area contributed by atoms with E-state index >= 15 is 0 Å². The van der Waals surface area contributed by atoms with Crippen LogP contribution in [0.15, 0.2) is 0 Å². The van der Waals surface area contributed by atoms with Gasteiger partial charge in [0.2, 0.25) is 0 Å². The zero-order valence-corrected chi connectivity index (χ0v) is 10.4. The molecule has 0 aliphatic heterocycles. The Kier molecular flexibility index (Phi) is 11.2. The normalized spacial score (nSPS) is 10.0. The van der Waals surface area contributed by atoms with Crippen LogP contribution in [0.3, 0.4) is 0 Å². The number of hydrogen-bond donors (Lipinski definition) is 0. The molecule has 0 aliphatic rings. The van der Waals surface area contributed by atoms with Crippen molar-refractivity contribution in [3.63, 3.8) is 0 Å². The van der Waals surface area contributed by atoms with Crippen LogP contribution < -0.4 is 0 Å². The first-order valence-corrected chi connectivity index (χ1v) is 2.92. The standard InChI is InChI=1S/C6H16N2.K/c1-7(2)5-6-8(3)4;/h5-6H2,1-4H3;. The summed E-state index contributed by atoms with van der Waals surface area (Å²) < 4.78 is 0. The van der Waals surface area contributed by atoms with E-state index in [-0.39, 0.29) is 51.4 Å². The number of likely N-dealkylation sites (N-methyl/N-ethyl adjacent to an activating group) is 2. The van der Waals surface area contributed by atoms with E-state index in [1.165, 1.54) is 0 Å². The minimum absolute atomic E-state index is 0.